The second-order valence-corrected chi connectivity index (χ2v) is 7.49. The second-order valence-electron chi connectivity index (χ2n) is 7.49. The molecule has 6 nitrogen and oxygen atoms in total. The van der Waals surface area contributed by atoms with Crippen molar-refractivity contribution in [3.63, 3.8) is 0 Å². The van der Waals surface area contributed by atoms with Gasteiger partial charge >= 0.3 is 0 Å². The fourth-order valence-corrected chi connectivity index (χ4v) is 4.00. The predicted octanol–water partition coefficient (Wildman–Crippen LogP) is 3.50. The van der Waals surface area contributed by atoms with Crippen molar-refractivity contribution >= 4 is 29.1 Å². The number of benzene rings is 2. The molecule has 0 aliphatic heterocycles. The molecule has 29 heavy (non-hydrogen) atoms. The summed E-state index contributed by atoms with van der Waals surface area (Å²) < 4.78 is 0. The van der Waals surface area contributed by atoms with Crippen LogP contribution in [0.25, 0.3) is 0 Å². The van der Waals surface area contributed by atoms with Gasteiger partial charge in [-0.3, -0.25) is 19.3 Å². The summed E-state index contributed by atoms with van der Waals surface area (Å²) in [4.78, 5) is 40.1. The van der Waals surface area contributed by atoms with Crippen molar-refractivity contribution in [3.8, 4) is 0 Å². The minimum atomic E-state index is -0.999. The van der Waals surface area contributed by atoms with Crippen molar-refractivity contribution in [2.45, 2.75) is 51.1 Å². The summed E-state index contributed by atoms with van der Waals surface area (Å²) in [6.45, 7) is 3.03. The van der Waals surface area contributed by atoms with Gasteiger partial charge in [-0.15, -0.1) is 0 Å². The van der Waals surface area contributed by atoms with Crippen LogP contribution in [0, 0.1) is 0 Å². The van der Waals surface area contributed by atoms with Gasteiger partial charge in [0.25, 0.3) is 5.91 Å². The van der Waals surface area contributed by atoms with Crippen molar-refractivity contribution < 1.29 is 14.4 Å². The van der Waals surface area contributed by atoms with Gasteiger partial charge in [0.05, 0.1) is 0 Å². The molecule has 0 heterocycles. The Hall–Kier alpha value is -3.15. The third-order valence-electron chi connectivity index (χ3n) is 5.34. The number of rotatable bonds is 6. The molecule has 3 amide bonds. The Labute approximate surface area is 171 Å². The number of para-hydroxylation sites is 2. The van der Waals surface area contributed by atoms with Crippen LogP contribution >= 0.6 is 0 Å². The first-order valence-corrected chi connectivity index (χ1v) is 9.97. The average molecular weight is 393 g/mol. The standard InChI is InChI=1S/C23H27N3O3/c1-17(24-18(2)27)21(28)26(20-13-7-4-8-14-20)23(15-9-10-16-23)22(29)25-19-11-5-3-6-12-19/h3-8,11-14,17H,9-10,15-16H2,1-2H3,(H,24,27)(H,25,29)/t17-/m0/s1. The summed E-state index contributed by atoms with van der Waals surface area (Å²) in [5.74, 6) is -0.780. The zero-order valence-electron chi connectivity index (χ0n) is 16.9. The maximum Gasteiger partial charge on any atom is 0.250 e. The lowest BCUT2D eigenvalue weighted by Crippen LogP contribution is -2.61. The third-order valence-corrected chi connectivity index (χ3v) is 5.34. The van der Waals surface area contributed by atoms with Gasteiger partial charge in [-0.2, -0.15) is 0 Å². The van der Waals surface area contributed by atoms with E-state index in [4.69, 9.17) is 0 Å². The Morgan fingerprint density at radius 3 is 2.03 bits per heavy atom. The number of carbonyl (C=O) groups is 3. The van der Waals surface area contributed by atoms with Crippen LogP contribution in [0.15, 0.2) is 60.7 Å². The number of anilines is 2. The van der Waals surface area contributed by atoms with Crippen molar-refractivity contribution in [1.29, 1.82) is 0 Å². The minimum Gasteiger partial charge on any atom is -0.345 e. The van der Waals surface area contributed by atoms with E-state index in [2.05, 4.69) is 10.6 Å². The van der Waals surface area contributed by atoms with Crippen LogP contribution in [-0.2, 0) is 14.4 Å². The van der Waals surface area contributed by atoms with E-state index >= 15 is 0 Å². The molecule has 1 aliphatic carbocycles. The Bertz CT molecular complexity index is 861. The molecule has 2 aromatic carbocycles. The Balaban J connectivity index is 2.01. The lowest BCUT2D eigenvalue weighted by Gasteiger charge is -2.41. The van der Waals surface area contributed by atoms with E-state index in [1.54, 1.807) is 11.8 Å². The van der Waals surface area contributed by atoms with E-state index in [-0.39, 0.29) is 17.7 Å². The highest BCUT2D eigenvalue weighted by Crippen LogP contribution is 2.40. The largest absolute Gasteiger partial charge is 0.345 e. The molecule has 0 bridgehead atoms. The molecule has 0 unspecified atom stereocenters. The van der Waals surface area contributed by atoms with E-state index in [0.29, 0.717) is 24.2 Å². The molecule has 0 saturated heterocycles. The molecule has 0 spiro atoms. The smallest absolute Gasteiger partial charge is 0.250 e. The second kappa shape index (κ2) is 8.90. The maximum atomic E-state index is 13.5. The maximum absolute atomic E-state index is 13.5. The zero-order chi connectivity index (χ0) is 20.9. The summed E-state index contributed by atoms with van der Waals surface area (Å²) in [7, 11) is 0. The summed E-state index contributed by atoms with van der Waals surface area (Å²) in [6.07, 6.45) is 2.85. The van der Waals surface area contributed by atoms with Gasteiger partial charge in [0.1, 0.15) is 11.6 Å². The van der Waals surface area contributed by atoms with E-state index in [1.807, 2.05) is 60.7 Å². The highest BCUT2D eigenvalue weighted by molar-refractivity contribution is 6.10. The lowest BCUT2D eigenvalue weighted by molar-refractivity contribution is -0.129. The topological polar surface area (TPSA) is 78.5 Å². The molecule has 3 rings (SSSR count). The minimum absolute atomic E-state index is 0.201. The first-order valence-electron chi connectivity index (χ1n) is 9.97. The van der Waals surface area contributed by atoms with E-state index in [9.17, 15) is 14.4 Å². The molecule has 6 heteroatoms. The van der Waals surface area contributed by atoms with Crippen molar-refractivity contribution in [2.24, 2.45) is 0 Å². The highest BCUT2D eigenvalue weighted by Gasteiger charge is 2.50. The third kappa shape index (κ3) is 4.47. The Morgan fingerprint density at radius 2 is 1.48 bits per heavy atom. The number of nitrogens with zero attached hydrogens (tertiary/aromatic N) is 1. The van der Waals surface area contributed by atoms with Gasteiger partial charge in [0, 0.05) is 18.3 Å². The van der Waals surface area contributed by atoms with Gasteiger partial charge in [0.2, 0.25) is 11.8 Å². The first-order chi connectivity index (χ1) is 13.9. The SMILES string of the molecule is CC(=O)N[C@@H](C)C(=O)N(c1ccccc1)C1(C(=O)Nc2ccccc2)CCCC1. The highest BCUT2D eigenvalue weighted by atomic mass is 16.2. The van der Waals surface area contributed by atoms with Gasteiger partial charge in [-0.1, -0.05) is 49.2 Å². The van der Waals surface area contributed by atoms with Crippen LogP contribution in [0.4, 0.5) is 11.4 Å². The lowest BCUT2D eigenvalue weighted by atomic mass is 9.91. The molecule has 0 radical (unpaired) electrons. The quantitative estimate of drug-likeness (QED) is 0.788. The molecule has 1 fully saturated rings. The number of hydrogen-bond donors (Lipinski definition) is 2. The van der Waals surface area contributed by atoms with Crippen LogP contribution < -0.4 is 15.5 Å². The van der Waals surface area contributed by atoms with Crippen LogP contribution in [0.3, 0.4) is 0 Å². The fourth-order valence-electron chi connectivity index (χ4n) is 4.00. The molecule has 1 atom stereocenters. The van der Waals surface area contributed by atoms with Gasteiger partial charge in [0.15, 0.2) is 0 Å². The number of amides is 3. The Morgan fingerprint density at radius 1 is 0.931 bits per heavy atom. The molecular weight excluding hydrogens is 366 g/mol. The summed E-state index contributed by atoms with van der Waals surface area (Å²) >= 11 is 0. The fraction of sp³-hybridized carbons (Fsp3) is 0.348. The number of carbonyl (C=O) groups excluding carboxylic acids is 3. The summed E-state index contributed by atoms with van der Waals surface area (Å²) in [5, 5.41) is 5.65. The number of hydrogen-bond acceptors (Lipinski definition) is 3. The van der Waals surface area contributed by atoms with Crippen molar-refractivity contribution in [3.05, 3.63) is 60.7 Å². The molecule has 0 aromatic heterocycles. The normalized spacial score (nSPS) is 15.9. The van der Waals surface area contributed by atoms with Gasteiger partial charge < -0.3 is 10.6 Å². The zero-order valence-corrected chi connectivity index (χ0v) is 16.9. The van der Waals surface area contributed by atoms with Crippen molar-refractivity contribution in [1.82, 2.24) is 5.32 Å². The monoisotopic (exact) mass is 393 g/mol. The molecule has 152 valence electrons. The van der Waals surface area contributed by atoms with Crippen LogP contribution in [0.1, 0.15) is 39.5 Å². The molecule has 2 aromatic rings. The Kier molecular flexibility index (Phi) is 6.32. The van der Waals surface area contributed by atoms with Crippen LogP contribution in [0.5, 0.6) is 0 Å². The first kappa shape index (κ1) is 20.6. The van der Waals surface area contributed by atoms with Crippen LogP contribution in [0.2, 0.25) is 0 Å². The number of nitrogens with one attached hydrogen (secondary N) is 2. The van der Waals surface area contributed by atoms with E-state index in [1.165, 1.54) is 6.92 Å². The molecular formula is C23H27N3O3. The predicted molar refractivity (Wildman–Crippen MR) is 113 cm³/mol. The van der Waals surface area contributed by atoms with E-state index < -0.39 is 11.6 Å². The summed E-state index contributed by atoms with van der Waals surface area (Å²) in [5.41, 5.74) is 0.347. The van der Waals surface area contributed by atoms with Crippen LogP contribution in [-0.4, -0.2) is 29.3 Å². The summed E-state index contributed by atoms with van der Waals surface area (Å²) in [6, 6.07) is 17.7. The molecule has 1 saturated carbocycles. The van der Waals surface area contributed by atoms with Crippen molar-refractivity contribution in [2.75, 3.05) is 10.2 Å². The average Bonchev–Trinajstić information content (AvgIpc) is 3.20. The molecule has 2 N–H and O–H groups in total. The van der Waals surface area contributed by atoms with Gasteiger partial charge in [-0.05, 0) is 44.0 Å². The van der Waals surface area contributed by atoms with Gasteiger partial charge in [-0.25, -0.2) is 0 Å². The van der Waals surface area contributed by atoms with E-state index in [0.717, 1.165) is 12.8 Å². The molecule has 1 aliphatic rings.